The van der Waals surface area contributed by atoms with Crippen LogP contribution in [0.1, 0.15) is 65.6 Å². The van der Waals surface area contributed by atoms with Crippen LogP contribution in [-0.4, -0.2) is 38.6 Å². The Hall–Kier alpha value is -2.93. The molecule has 1 saturated carbocycles. The Labute approximate surface area is 195 Å². The van der Waals surface area contributed by atoms with Crippen molar-refractivity contribution in [2.75, 3.05) is 0 Å². The van der Waals surface area contributed by atoms with Crippen molar-refractivity contribution in [2.45, 2.75) is 70.1 Å². The van der Waals surface area contributed by atoms with Gasteiger partial charge in [-0.25, -0.2) is 0 Å². The fraction of sp³-hybridized carbons (Fsp3) is 0.500. The van der Waals surface area contributed by atoms with Crippen LogP contribution in [0.2, 0.25) is 0 Å². The molecule has 174 valence electrons. The Morgan fingerprint density at radius 1 is 1.18 bits per heavy atom. The van der Waals surface area contributed by atoms with E-state index in [2.05, 4.69) is 40.6 Å². The van der Waals surface area contributed by atoms with E-state index in [1.807, 2.05) is 24.0 Å². The van der Waals surface area contributed by atoms with Gasteiger partial charge in [-0.15, -0.1) is 0 Å². The van der Waals surface area contributed by atoms with Gasteiger partial charge in [-0.05, 0) is 55.2 Å². The Morgan fingerprint density at radius 2 is 2.03 bits per heavy atom. The molecular formula is C26H33N5O2. The van der Waals surface area contributed by atoms with Gasteiger partial charge in [0.05, 0.1) is 6.20 Å². The number of nitrogens with zero attached hydrogens (tertiary/aromatic N) is 3. The fourth-order valence-corrected chi connectivity index (χ4v) is 5.67. The maximum atomic E-state index is 13.0. The largest absolute Gasteiger partial charge is 0.329 e. The molecule has 2 aromatic rings. The average Bonchev–Trinajstić information content (AvgIpc) is 3.36. The van der Waals surface area contributed by atoms with Crippen LogP contribution >= 0.6 is 0 Å². The van der Waals surface area contributed by atoms with Gasteiger partial charge < -0.3 is 15.5 Å². The van der Waals surface area contributed by atoms with Crippen molar-refractivity contribution in [3.05, 3.63) is 65.1 Å². The van der Waals surface area contributed by atoms with E-state index in [1.54, 1.807) is 4.90 Å². The Bertz CT molecular complexity index is 1070. The summed E-state index contributed by atoms with van der Waals surface area (Å²) in [6.45, 7) is 5.20. The standard InChI is InChI=1S/C26H33N5O2/c1-17-7-10-24(25(32)29-17)31-16-21-12-18(8-9-22(21)26(31)33)11-20-5-3-4-6-23(20)27-13-19-14-28-30(2)15-19/h8-9,12,14-15,20,23-24,27H,1,3-7,10-11,13,16H2,2H3,(H,29,32)/t20-,23+,24?/m1/s1. The smallest absolute Gasteiger partial charge is 0.255 e. The Kier molecular flexibility index (Phi) is 6.06. The molecule has 33 heavy (non-hydrogen) atoms. The minimum atomic E-state index is -0.404. The lowest BCUT2D eigenvalue weighted by Crippen LogP contribution is -2.49. The number of hydrogen-bond donors (Lipinski definition) is 2. The second-order valence-electron chi connectivity index (χ2n) is 9.83. The number of carbonyl (C=O) groups is 2. The quantitative estimate of drug-likeness (QED) is 0.713. The van der Waals surface area contributed by atoms with Gasteiger partial charge in [0.15, 0.2) is 0 Å². The Balaban J connectivity index is 1.25. The van der Waals surface area contributed by atoms with Crippen molar-refractivity contribution in [2.24, 2.45) is 13.0 Å². The third kappa shape index (κ3) is 4.60. The van der Waals surface area contributed by atoms with Crippen molar-refractivity contribution in [1.82, 2.24) is 25.3 Å². The number of hydrogen-bond acceptors (Lipinski definition) is 4. The van der Waals surface area contributed by atoms with Crippen LogP contribution in [0.4, 0.5) is 0 Å². The minimum Gasteiger partial charge on any atom is -0.329 e. The van der Waals surface area contributed by atoms with E-state index in [9.17, 15) is 9.59 Å². The predicted octanol–water partition coefficient (Wildman–Crippen LogP) is 3.06. The molecule has 2 fully saturated rings. The summed E-state index contributed by atoms with van der Waals surface area (Å²) >= 11 is 0. The van der Waals surface area contributed by atoms with Gasteiger partial charge in [0.2, 0.25) is 5.91 Å². The highest BCUT2D eigenvalue weighted by Crippen LogP contribution is 2.32. The van der Waals surface area contributed by atoms with Gasteiger partial charge in [0.1, 0.15) is 6.04 Å². The second-order valence-corrected chi connectivity index (χ2v) is 9.83. The molecule has 1 aromatic heterocycles. The monoisotopic (exact) mass is 447 g/mol. The third-order valence-corrected chi connectivity index (χ3v) is 7.43. The third-order valence-electron chi connectivity index (χ3n) is 7.43. The molecule has 0 radical (unpaired) electrons. The summed E-state index contributed by atoms with van der Waals surface area (Å²) in [6.07, 6.45) is 11.3. The lowest BCUT2D eigenvalue weighted by atomic mass is 9.80. The molecule has 1 unspecified atom stereocenters. The van der Waals surface area contributed by atoms with E-state index >= 15 is 0 Å². The van der Waals surface area contributed by atoms with Crippen molar-refractivity contribution in [3.8, 4) is 0 Å². The molecule has 1 saturated heterocycles. The zero-order valence-electron chi connectivity index (χ0n) is 19.3. The van der Waals surface area contributed by atoms with Gasteiger partial charge in [-0.2, -0.15) is 5.10 Å². The SMILES string of the molecule is C=C1CCC(N2Cc3cc(C[C@H]4CCCC[C@@H]4NCc4cnn(C)c4)ccc3C2=O)C(=O)N1. The summed E-state index contributed by atoms with van der Waals surface area (Å²) < 4.78 is 1.84. The maximum Gasteiger partial charge on any atom is 0.255 e. The summed E-state index contributed by atoms with van der Waals surface area (Å²) in [4.78, 5) is 27.2. The number of rotatable bonds is 6. The minimum absolute atomic E-state index is 0.0297. The molecule has 2 amide bonds. The van der Waals surface area contributed by atoms with E-state index in [0.29, 0.717) is 24.9 Å². The van der Waals surface area contributed by atoms with E-state index in [4.69, 9.17) is 0 Å². The molecule has 5 rings (SSSR count). The van der Waals surface area contributed by atoms with Crippen molar-refractivity contribution in [3.63, 3.8) is 0 Å². The predicted molar refractivity (Wildman–Crippen MR) is 126 cm³/mol. The Morgan fingerprint density at radius 3 is 2.82 bits per heavy atom. The molecule has 3 atom stereocenters. The van der Waals surface area contributed by atoms with Gasteiger partial charge in [0, 0.05) is 49.2 Å². The van der Waals surface area contributed by atoms with Gasteiger partial charge in [-0.3, -0.25) is 14.3 Å². The molecule has 7 heteroatoms. The van der Waals surface area contributed by atoms with Crippen LogP contribution in [-0.2, 0) is 31.4 Å². The molecule has 2 aliphatic heterocycles. The van der Waals surface area contributed by atoms with Crippen molar-refractivity contribution >= 4 is 11.8 Å². The van der Waals surface area contributed by atoms with Gasteiger partial charge in [0.25, 0.3) is 5.91 Å². The summed E-state index contributed by atoms with van der Waals surface area (Å²) in [5.41, 5.74) is 5.02. The van der Waals surface area contributed by atoms with E-state index < -0.39 is 6.04 Å². The summed E-state index contributed by atoms with van der Waals surface area (Å²) in [5, 5.41) is 10.9. The number of amides is 2. The van der Waals surface area contributed by atoms with E-state index in [-0.39, 0.29) is 11.8 Å². The van der Waals surface area contributed by atoms with Gasteiger partial charge >= 0.3 is 0 Å². The first-order valence-electron chi connectivity index (χ1n) is 12.1. The first-order valence-corrected chi connectivity index (χ1v) is 12.1. The molecule has 2 N–H and O–H groups in total. The zero-order chi connectivity index (χ0) is 22.9. The van der Waals surface area contributed by atoms with Crippen LogP contribution in [0, 0.1) is 5.92 Å². The van der Waals surface area contributed by atoms with Crippen LogP contribution in [0.5, 0.6) is 0 Å². The van der Waals surface area contributed by atoms with Crippen LogP contribution in [0.15, 0.2) is 42.9 Å². The summed E-state index contributed by atoms with van der Waals surface area (Å²) in [6, 6.07) is 6.35. The lowest BCUT2D eigenvalue weighted by Gasteiger charge is -2.32. The summed E-state index contributed by atoms with van der Waals surface area (Å²) in [7, 11) is 1.95. The number of piperidine rings is 1. The average molecular weight is 448 g/mol. The highest BCUT2D eigenvalue weighted by Gasteiger charge is 2.38. The number of carbonyl (C=O) groups excluding carboxylic acids is 2. The molecule has 1 aliphatic carbocycles. The van der Waals surface area contributed by atoms with Crippen molar-refractivity contribution in [1.29, 1.82) is 0 Å². The van der Waals surface area contributed by atoms with Crippen LogP contribution in [0.3, 0.4) is 0 Å². The van der Waals surface area contributed by atoms with E-state index in [0.717, 1.165) is 36.2 Å². The van der Waals surface area contributed by atoms with Gasteiger partial charge in [-0.1, -0.05) is 31.6 Å². The fourth-order valence-electron chi connectivity index (χ4n) is 5.67. The zero-order valence-corrected chi connectivity index (χ0v) is 19.3. The first-order chi connectivity index (χ1) is 16.0. The molecular weight excluding hydrogens is 414 g/mol. The van der Waals surface area contributed by atoms with Crippen LogP contribution in [0.25, 0.3) is 0 Å². The lowest BCUT2D eigenvalue weighted by molar-refractivity contribution is -0.126. The summed E-state index contributed by atoms with van der Waals surface area (Å²) in [5.74, 6) is 0.437. The molecule has 0 spiro atoms. The van der Waals surface area contributed by atoms with Crippen LogP contribution < -0.4 is 10.6 Å². The topological polar surface area (TPSA) is 79.3 Å². The highest BCUT2D eigenvalue weighted by atomic mass is 16.2. The number of nitrogens with one attached hydrogen (secondary N) is 2. The molecule has 0 bridgehead atoms. The first kappa shape index (κ1) is 21.9. The molecule has 7 nitrogen and oxygen atoms in total. The number of fused-ring (bicyclic) bond motifs is 1. The normalized spacial score (nSPS) is 25.3. The number of benzene rings is 1. The number of allylic oxidation sites excluding steroid dienone is 1. The number of aryl methyl sites for hydroxylation is 1. The second kappa shape index (κ2) is 9.14. The molecule has 1 aromatic carbocycles. The van der Waals surface area contributed by atoms with E-state index in [1.165, 1.54) is 36.8 Å². The number of aromatic nitrogens is 2. The van der Waals surface area contributed by atoms with Crippen molar-refractivity contribution < 1.29 is 9.59 Å². The molecule has 3 aliphatic rings. The molecule has 3 heterocycles. The highest BCUT2D eigenvalue weighted by molar-refractivity contribution is 6.01. The maximum absolute atomic E-state index is 13.0.